The quantitative estimate of drug-likeness (QED) is 0.290. The third kappa shape index (κ3) is 4.24. The zero-order chi connectivity index (χ0) is 32.5. The summed E-state index contributed by atoms with van der Waals surface area (Å²) in [6, 6.07) is 0. The Morgan fingerprint density at radius 3 is 1.93 bits per heavy atom. The molecule has 6 aliphatic rings. The maximum atomic E-state index is 12.7. The number of carbonyl (C=O) groups excluding carboxylic acids is 3. The van der Waals surface area contributed by atoms with Gasteiger partial charge in [0.2, 0.25) is 0 Å². The molecule has 8 nitrogen and oxygen atoms in total. The van der Waals surface area contributed by atoms with Crippen molar-refractivity contribution in [2.45, 2.75) is 163 Å². The lowest BCUT2D eigenvalue weighted by Crippen LogP contribution is -2.63. The summed E-state index contributed by atoms with van der Waals surface area (Å²) >= 11 is 0. The molecule has 12 atom stereocenters. The average molecular weight is 617 g/mol. The maximum Gasteiger partial charge on any atom is 0.302 e. The van der Waals surface area contributed by atoms with E-state index in [0.29, 0.717) is 0 Å². The summed E-state index contributed by atoms with van der Waals surface area (Å²) in [7, 11) is 0. The van der Waals surface area contributed by atoms with Crippen LogP contribution >= 0.6 is 0 Å². The molecule has 6 fully saturated rings. The zero-order valence-electron chi connectivity index (χ0n) is 28.7. The van der Waals surface area contributed by atoms with E-state index in [1.807, 2.05) is 13.8 Å². The lowest BCUT2D eigenvalue weighted by atomic mass is 9.41. The van der Waals surface area contributed by atoms with Crippen LogP contribution in [0.25, 0.3) is 0 Å². The van der Waals surface area contributed by atoms with Crippen molar-refractivity contribution in [3.05, 3.63) is 0 Å². The summed E-state index contributed by atoms with van der Waals surface area (Å²) in [6.07, 6.45) is 7.01. The number of aliphatic hydroxyl groups is 1. The van der Waals surface area contributed by atoms with Gasteiger partial charge in [0.05, 0.1) is 17.3 Å². The van der Waals surface area contributed by atoms with E-state index in [0.717, 1.165) is 57.8 Å². The van der Waals surface area contributed by atoms with Crippen LogP contribution in [0.2, 0.25) is 0 Å². The van der Waals surface area contributed by atoms with Gasteiger partial charge in [0.15, 0.2) is 0 Å². The van der Waals surface area contributed by atoms with Crippen molar-refractivity contribution < 1.29 is 38.4 Å². The van der Waals surface area contributed by atoms with Crippen LogP contribution in [0.3, 0.4) is 0 Å². The van der Waals surface area contributed by atoms with E-state index < -0.39 is 11.2 Å². The fourth-order valence-electron chi connectivity index (χ4n) is 13.1. The number of fused-ring (bicyclic) bond motifs is 2. The van der Waals surface area contributed by atoms with Crippen LogP contribution in [0.1, 0.15) is 127 Å². The molecule has 1 saturated heterocycles. The van der Waals surface area contributed by atoms with E-state index >= 15 is 0 Å². The molecule has 5 saturated carbocycles. The van der Waals surface area contributed by atoms with Crippen LogP contribution in [-0.2, 0) is 33.3 Å². The summed E-state index contributed by atoms with van der Waals surface area (Å²) in [5, 5.41) is 10.9. The molecule has 12 unspecified atom stereocenters. The molecule has 1 N–H and O–H groups in total. The largest absolute Gasteiger partial charge is 0.462 e. The Hall–Kier alpha value is -1.67. The molecule has 0 radical (unpaired) electrons. The molecule has 2 spiro atoms. The molecule has 1 heterocycles. The zero-order valence-corrected chi connectivity index (χ0v) is 28.7. The SMILES string of the molecule is CC(=O)OC1CC2(C)C3CC(OC(C)=O)C4C(C)(C)C(OC(C)=O)CCC45CC35CCC2(C)C1C1(C)CCC(C(C)(C)O)O1. The van der Waals surface area contributed by atoms with E-state index in [1.165, 1.54) is 20.8 Å². The average Bonchev–Trinajstić information content (AvgIpc) is 3.21. The topological polar surface area (TPSA) is 108 Å². The summed E-state index contributed by atoms with van der Waals surface area (Å²) in [5.74, 6) is -0.426. The standard InChI is InChI=1S/C36H56O8/c1-20(37)41-23-17-25-33(9)18-24(42-21(2)38)29(34(10)13-11-27(44-34)31(6,7)40)32(33,8)15-16-35(25)19-36(35)14-12-26(43-22(3)39)30(4,5)28(23)36/h23-29,40H,11-19H2,1-10H3. The minimum absolute atomic E-state index is 0.0231. The summed E-state index contributed by atoms with van der Waals surface area (Å²) in [4.78, 5) is 37.4. The molecular weight excluding hydrogens is 560 g/mol. The Kier molecular flexibility index (Phi) is 7.10. The predicted molar refractivity (Wildman–Crippen MR) is 163 cm³/mol. The van der Waals surface area contributed by atoms with Crippen LogP contribution in [0.15, 0.2) is 0 Å². The second-order valence-corrected chi connectivity index (χ2v) is 17.6. The first kappa shape index (κ1) is 32.3. The van der Waals surface area contributed by atoms with Gasteiger partial charge in [-0.15, -0.1) is 0 Å². The lowest BCUT2D eigenvalue weighted by Gasteiger charge is -2.64. The second-order valence-electron chi connectivity index (χ2n) is 17.6. The van der Waals surface area contributed by atoms with Gasteiger partial charge < -0.3 is 24.1 Å². The van der Waals surface area contributed by atoms with Crippen LogP contribution < -0.4 is 0 Å². The highest BCUT2D eigenvalue weighted by atomic mass is 16.6. The van der Waals surface area contributed by atoms with Crippen molar-refractivity contribution in [1.82, 2.24) is 0 Å². The van der Waals surface area contributed by atoms with Crippen LogP contribution in [0.4, 0.5) is 0 Å². The molecule has 5 aliphatic carbocycles. The molecular formula is C36H56O8. The Morgan fingerprint density at radius 2 is 1.36 bits per heavy atom. The molecule has 248 valence electrons. The number of esters is 3. The van der Waals surface area contributed by atoms with Gasteiger partial charge in [0.1, 0.15) is 18.3 Å². The van der Waals surface area contributed by atoms with Gasteiger partial charge in [0.25, 0.3) is 0 Å². The second kappa shape index (κ2) is 9.68. The van der Waals surface area contributed by atoms with Gasteiger partial charge in [-0.3, -0.25) is 14.4 Å². The minimum Gasteiger partial charge on any atom is -0.462 e. The molecule has 44 heavy (non-hydrogen) atoms. The van der Waals surface area contributed by atoms with Crippen molar-refractivity contribution in [2.24, 2.45) is 44.8 Å². The Bertz CT molecular complexity index is 1240. The van der Waals surface area contributed by atoms with Crippen molar-refractivity contribution >= 4 is 17.9 Å². The van der Waals surface area contributed by atoms with Crippen molar-refractivity contribution in [3.8, 4) is 0 Å². The molecule has 0 amide bonds. The first-order chi connectivity index (χ1) is 20.2. The van der Waals surface area contributed by atoms with E-state index in [1.54, 1.807) is 0 Å². The van der Waals surface area contributed by atoms with Gasteiger partial charge in [-0.05, 0) is 106 Å². The van der Waals surface area contributed by atoms with Gasteiger partial charge in [0, 0.05) is 38.0 Å². The number of carbonyl (C=O) groups is 3. The van der Waals surface area contributed by atoms with E-state index in [2.05, 4.69) is 34.6 Å². The monoisotopic (exact) mass is 616 g/mol. The number of hydrogen-bond donors (Lipinski definition) is 1. The summed E-state index contributed by atoms with van der Waals surface area (Å²) < 4.78 is 25.3. The van der Waals surface area contributed by atoms with Crippen molar-refractivity contribution in [3.63, 3.8) is 0 Å². The molecule has 1 aliphatic heterocycles. The Balaban J connectivity index is 1.42. The van der Waals surface area contributed by atoms with E-state index in [9.17, 15) is 19.5 Å². The smallest absolute Gasteiger partial charge is 0.302 e. The summed E-state index contributed by atoms with van der Waals surface area (Å²) in [6.45, 7) is 19.6. The lowest BCUT2D eigenvalue weighted by molar-refractivity contribution is -0.224. The van der Waals surface area contributed by atoms with Gasteiger partial charge in [-0.1, -0.05) is 27.7 Å². The van der Waals surface area contributed by atoms with Crippen LogP contribution in [-0.4, -0.2) is 58.6 Å². The summed E-state index contributed by atoms with van der Waals surface area (Å²) in [5.41, 5.74) is -2.07. The number of rotatable bonds is 5. The van der Waals surface area contributed by atoms with Crippen molar-refractivity contribution in [1.29, 1.82) is 0 Å². The molecule has 0 aromatic carbocycles. The Labute approximate surface area is 263 Å². The predicted octanol–water partition coefficient (Wildman–Crippen LogP) is 6.15. The highest BCUT2D eigenvalue weighted by Crippen LogP contribution is 2.89. The molecule has 6 rings (SSSR count). The molecule has 0 aromatic rings. The highest BCUT2D eigenvalue weighted by molar-refractivity contribution is 5.67. The first-order valence-corrected chi connectivity index (χ1v) is 17.1. The number of hydrogen-bond acceptors (Lipinski definition) is 8. The van der Waals surface area contributed by atoms with Gasteiger partial charge >= 0.3 is 17.9 Å². The fraction of sp³-hybridized carbons (Fsp3) is 0.917. The third-order valence-electron chi connectivity index (χ3n) is 14.6. The number of ether oxygens (including phenoxy) is 4. The highest BCUT2D eigenvalue weighted by Gasteiger charge is 2.85. The molecule has 8 heteroatoms. The molecule has 0 bridgehead atoms. The first-order valence-electron chi connectivity index (χ1n) is 17.1. The minimum atomic E-state index is -0.956. The third-order valence-corrected chi connectivity index (χ3v) is 14.6. The molecule has 0 aromatic heterocycles. The Morgan fingerprint density at radius 1 is 0.750 bits per heavy atom. The van der Waals surface area contributed by atoms with Crippen molar-refractivity contribution in [2.75, 3.05) is 0 Å². The van der Waals surface area contributed by atoms with Gasteiger partial charge in [-0.25, -0.2) is 0 Å². The van der Waals surface area contributed by atoms with E-state index in [-0.39, 0.29) is 87.2 Å². The fourth-order valence-corrected chi connectivity index (χ4v) is 13.1. The van der Waals surface area contributed by atoms with Gasteiger partial charge in [-0.2, -0.15) is 0 Å². The maximum absolute atomic E-state index is 12.7. The van der Waals surface area contributed by atoms with Crippen LogP contribution in [0.5, 0.6) is 0 Å². The van der Waals surface area contributed by atoms with E-state index in [4.69, 9.17) is 18.9 Å². The van der Waals surface area contributed by atoms with Crippen LogP contribution in [0, 0.1) is 44.8 Å². The normalized spacial score (nSPS) is 50.4.